The third kappa shape index (κ3) is 3.66. The maximum atomic E-state index is 13.2. The van der Waals surface area contributed by atoms with Crippen molar-refractivity contribution in [2.75, 3.05) is 13.7 Å². The summed E-state index contributed by atoms with van der Waals surface area (Å²) in [6.07, 6.45) is 4.07. The number of fused-ring (bicyclic) bond motifs is 1. The van der Waals surface area contributed by atoms with E-state index in [1.807, 2.05) is 53.9 Å². The highest BCUT2D eigenvalue weighted by atomic mass is 35.5. The number of pyridine rings is 1. The maximum absolute atomic E-state index is 13.2. The molecule has 4 rings (SSSR count). The van der Waals surface area contributed by atoms with Crippen molar-refractivity contribution in [3.8, 4) is 11.3 Å². The lowest BCUT2D eigenvalue weighted by molar-refractivity contribution is 0.0673. The molecular formula is C22H23ClN4O2. The summed E-state index contributed by atoms with van der Waals surface area (Å²) >= 11 is 6.20. The molecule has 0 aliphatic carbocycles. The molecule has 0 radical (unpaired) electrons. The molecule has 1 aromatic carbocycles. The van der Waals surface area contributed by atoms with Gasteiger partial charge in [-0.1, -0.05) is 23.7 Å². The van der Waals surface area contributed by atoms with Crippen LogP contribution in [0.4, 0.5) is 0 Å². The Bertz CT molecular complexity index is 1060. The highest BCUT2D eigenvalue weighted by Gasteiger charge is 2.33. The number of hydrogen-bond acceptors (Lipinski definition) is 4. The van der Waals surface area contributed by atoms with Crippen molar-refractivity contribution in [3.63, 3.8) is 0 Å². The number of halogens is 1. The second kappa shape index (κ2) is 7.97. The van der Waals surface area contributed by atoms with Crippen LogP contribution in [0.25, 0.3) is 11.3 Å². The van der Waals surface area contributed by atoms with E-state index in [0.29, 0.717) is 23.7 Å². The Morgan fingerprint density at radius 1 is 1.31 bits per heavy atom. The Kier molecular flexibility index (Phi) is 5.39. The fourth-order valence-electron chi connectivity index (χ4n) is 4.03. The summed E-state index contributed by atoms with van der Waals surface area (Å²) in [5.41, 5.74) is 5.66. The van der Waals surface area contributed by atoms with Gasteiger partial charge < -0.3 is 9.64 Å². The normalized spacial score (nSPS) is 16.0. The number of benzene rings is 1. The zero-order valence-electron chi connectivity index (χ0n) is 16.7. The van der Waals surface area contributed by atoms with Crippen molar-refractivity contribution in [2.45, 2.75) is 26.0 Å². The molecule has 1 aliphatic rings. The van der Waals surface area contributed by atoms with Gasteiger partial charge in [0.05, 0.1) is 29.6 Å². The number of aromatic nitrogens is 3. The van der Waals surface area contributed by atoms with Gasteiger partial charge in [0, 0.05) is 49.2 Å². The van der Waals surface area contributed by atoms with E-state index in [2.05, 4.69) is 4.98 Å². The van der Waals surface area contributed by atoms with E-state index < -0.39 is 0 Å². The SMILES string of the molecule is COCc1cncc(C(=O)N2CCc3c(nn(C)c3-c3cccc(Cl)c3)C2C)c1. The molecule has 3 aromatic rings. The first kappa shape index (κ1) is 19.6. The van der Waals surface area contributed by atoms with Crippen LogP contribution in [0, 0.1) is 0 Å². The van der Waals surface area contributed by atoms with Crippen LogP contribution in [0.2, 0.25) is 5.02 Å². The zero-order chi connectivity index (χ0) is 20.5. The van der Waals surface area contributed by atoms with Crippen molar-refractivity contribution in [1.82, 2.24) is 19.7 Å². The van der Waals surface area contributed by atoms with Crippen molar-refractivity contribution in [2.24, 2.45) is 7.05 Å². The summed E-state index contributed by atoms with van der Waals surface area (Å²) < 4.78 is 7.05. The van der Waals surface area contributed by atoms with Gasteiger partial charge in [0.1, 0.15) is 0 Å². The molecule has 150 valence electrons. The van der Waals surface area contributed by atoms with Gasteiger partial charge >= 0.3 is 0 Å². The highest BCUT2D eigenvalue weighted by molar-refractivity contribution is 6.30. The second-order valence-electron chi connectivity index (χ2n) is 7.29. The third-order valence-electron chi connectivity index (χ3n) is 5.35. The van der Waals surface area contributed by atoms with Crippen LogP contribution in [0.1, 0.15) is 40.1 Å². The molecule has 0 bridgehead atoms. The minimum Gasteiger partial charge on any atom is -0.380 e. The van der Waals surface area contributed by atoms with Gasteiger partial charge in [0.15, 0.2) is 0 Å². The molecule has 1 aliphatic heterocycles. The molecule has 0 N–H and O–H groups in total. The molecule has 7 heteroatoms. The smallest absolute Gasteiger partial charge is 0.255 e. The number of rotatable bonds is 4. The maximum Gasteiger partial charge on any atom is 0.255 e. The summed E-state index contributed by atoms with van der Waals surface area (Å²) in [7, 11) is 3.56. The Morgan fingerprint density at radius 2 is 2.14 bits per heavy atom. The molecule has 1 atom stereocenters. The topological polar surface area (TPSA) is 60.2 Å². The van der Waals surface area contributed by atoms with E-state index in [1.54, 1.807) is 19.5 Å². The van der Waals surface area contributed by atoms with Gasteiger partial charge in [-0.15, -0.1) is 0 Å². The van der Waals surface area contributed by atoms with Crippen LogP contribution in [-0.2, 0) is 24.8 Å². The fourth-order valence-corrected chi connectivity index (χ4v) is 4.22. The number of carbonyl (C=O) groups excluding carboxylic acids is 1. The number of carbonyl (C=O) groups is 1. The molecule has 29 heavy (non-hydrogen) atoms. The van der Waals surface area contributed by atoms with Gasteiger partial charge in [0.25, 0.3) is 5.91 Å². The van der Waals surface area contributed by atoms with Crippen molar-refractivity contribution in [1.29, 1.82) is 0 Å². The predicted octanol–water partition coefficient (Wildman–Crippen LogP) is 4.04. The largest absolute Gasteiger partial charge is 0.380 e. The quantitative estimate of drug-likeness (QED) is 0.651. The van der Waals surface area contributed by atoms with E-state index >= 15 is 0 Å². The first-order valence-corrected chi connectivity index (χ1v) is 9.93. The average molecular weight is 411 g/mol. The van der Waals surface area contributed by atoms with E-state index in [1.165, 1.54) is 5.56 Å². The van der Waals surface area contributed by atoms with Gasteiger partial charge in [-0.2, -0.15) is 5.10 Å². The number of methoxy groups -OCH3 is 1. The van der Waals surface area contributed by atoms with Crippen molar-refractivity contribution in [3.05, 3.63) is 70.1 Å². The number of ether oxygens (including phenoxy) is 1. The number of nitrogens with zero attached hydrogens (tertiary/aromatic N) is 4. The van der Waals surface area contributed by atoms with Gasteiger partial charge in [-0.25, -0.2) is 0 Å². The van der Waals surface area contributed by atoms with E-state index in [9.17, 15) is 4.79 Å². The summed E-state index contributed by atoms with van der Waals surface area (Å²) in [6, 6.07) is 9.52. The first-order valence-electron chi connectivity index (χ1n) is 9.55. The predicted molar refractivity (Wildman–Crippen MR) is 112 cm³/mol. The molecular weight excluding hydrogens is 388 g/mol. The molecule has 0 saturated carbocycles. The van der Waals surface area contributed by atoms with Crippen LogP contribution in [-0.4, -0.2) is 39.2 Å². The number of hydrogen-bond donors (Lipinski definition) is 0. The van der Waals surface area contributed by atoms with E-state index in [-0.39, 0.29) is 11.9 Å². The lowest BCUT2D eigenvalue weighted by Gasteiger charge is -2.33. The van der Waals surface area contributed by atoms with Crippen LogP contribution < -0.4 is 0 Å². The van der Waals surface area contributed by atoms with Crippen LogP contribution >= 0.6 is 11.6 Å². The highest BCUT2D eigenvalue weighted by Crippen LogP contribution is 2.36. The summed E-state index contributed by atoms with van der Waals surface area (Å²) in [6.45, 7) is 3.08. The minimum absolute atomic E-state index is 0.0384. The van der Waals surface area contributed by atoms with Gasteiger partial charge in [-0.05, 0) is 37.1 Å². The minimum atomic E-state index is -0.128. The zero-order valence-corrected chi connectivity index (χ0v) is 17.5. The Hall–Kier alpha value is -2.70. The molecule has 0 spiro atoms. The molecule has 0 fully saturated rings. The van der Waals surface area contributed by atoms with Crippen LogP contribution in [0.5, 0.6) is 0 Å². The lowest BCUT2D eigenvalue weighted by atomic mass is 9.95. The fraction of sp³-hybridized carbons (Fsp3) is 0.318. The van der Waals surface area contributed by atoms with E-state index in [0.717, 1.165) is 28.9 Å². The molecule has 0 saturated heterocycles. The molecule has 1 unspecified atom stereocenters. The number of aryl methyl sites for hydroxylation is 1. The average Bonchev–Trinajstić information content (AvgIpc) is 3.05. The van der Waals surface area contributed by atoms with Crippen molar-refractivity contribution >= 4 is 17.5 Å². The summed E-state index contributed by atoms with van der Waals surface area (Å²) in [5.74, 6) is -0.0384. The number of amides is 1. The summed E-state index contributed by atoms with van der Waals surface area (Å²) in [4.78, 5) is 19.2. The van der Waals surface area contributed by atoms with Crippen molar-refractivity contribution < 1.29 is 9.53 Å². The molecule has 2 aromatic heterocycles. The van der Waals surface area contributed by atoms with Crippen LogP contribution in [0.15, 0.2) is 42.7 Å². The van der Waals surface area contributed by atoms with E-state index in [4.69, 9.17) is 21.4 Å². The van der Waals surface area contributed by atoms with Crippen LogP contribution in [0.3, 0.4) is 0 Å². The Labute approximate surface area is 175 Å². The Morgan fingerprint density at radius 3 is 2.90 bits per heavy atom. The standard InChI is InChI=1S/C22H23ClN4O2/c1-14-20-19(21(26(2)25-20)16-5-4-6-18(23)10-16)7-8-27(14)22(28)17-9-15(13-29-3)11-24-12-17/h4-6,9-12,14H,7-8,13H2,1-3H3. The monoisotopic (exact) mass is 410 g/mol. The molecule has 6 nitrogen and oxygen atoms in total. The molecule has 3 heterocycles. The second-order valence-corrected chi connectivity index (χ2v) is 7.72. The van der Waals surface area contributed by atoms with Gasteiger partial charge in [0.2, 0.25) is 0 Å². The lowest BCUT2D eigenvalue weighted by Crippen LogP contribution is -2.39. The summed E-state index contributed by atoms with van der Waals surface area (Å²) in [5, 5.41) is 5.45. The first-order chi connectivity index (χ1) is 14.0. The van der Waals surface area contributed by atoms with Gasteiger partial charge in [-0.3, -0.25) is 14.5 Å². The molecule has 1 amide bonds. The Balaban J connectivity index is 1.66. The third-order valence-corrected chi connectivity index (χ3v) is 5.59.